The molecule has 0 aromatic heterocycles. The summed E-state index contributed by atoms with van der Waals surface area (Å²) in [6.07, 6.45) is 0.969. The van der Waals surface area contributed by atoms with Crippen molar-refractivity contribution in [2.45, 2.75) is 12.5 Å². The van der Waals surface area contributed by atoms with Crippen molar-refractivity contribution in [2.24, 2.45) is 5.92 Å². The summed E-state index contributed by atoms with van der Waals surface area (Å²) >= 11 is 3.47. The van der Waals surface area contributed by atoms with Crippen molar-refractivity contribution < 1.29 is 5.11 Å². The van der Waals surface area contributed by atoms with Gasteiger partial charge in [-0.05, 0) is 36.7 Å². The van der Waals surface area contributed by atoms with Crippen LogP contribution in [-0.2, 0) is 6.42 Å². The fourth-order valence-electron chi connectivity index (χ4n) is 2.27. The third-order valence-electron chi connectivity index (χ3n) is 2.94. The lowest BCUT2D eigenvalue weighted by molar-refractivity contribution is 0.203. The van der Waals surface area contributed by atoms with Crippen molar-refractivity contribution >= 4 is 15.9 Å². The van der Waals surface area contributed by atoms with Crippen LogP contribution in [0.5, 0.6) is 0 Å². The lowest BCUT2D eigenvalue weighted by Gasteiger charge is -2.17. The van der Waals surface area contributed by atoms with Crippen molar-refractivity contribution in [3.05, 3.63) is 33.8 Å². The van der Waals surface area contributed by atoms with Crippen LogP contribution in [0.15, 0.2) is 22.7 Å². The zero-order valence-electron chi connectivity index (χ0n) is 8.13. The van der Waals surface area contributed by atoms with Gasteiger partial charge in [-0.1, -0.05) is 22.0 Å². The molecule has 2 nitrogen and oxygen atoms in total. The molecule has 3 heteroatoms. The van der Waals surface area contributed by atoms with Crippen LogP contribution >= 0.6 is 15.9 Å². The quantitative estimate of drug-likeness (QED) is 0.846. The van der Waals surface area contributed by atoms with E-state index in [1.807, 2.05) is 7.05 Å². The summed E-state index contributed by atoms with van der Waals surface area (Å²) in [7, 11) is 1.95. The third kappa shape index (κ3) is 1.60. The molecule has 0 amide bonds. The highest BCUT2D eigenvalue weighted by Gasteiger charge is 2.30. The Morgan fingerprint density at radius 3 is 3.00 bits per heavy atom. The van der Waals surface area contributed by atoms with Crippen LogP contribution in [-0.4, -0.2) is 18.8 Å². The summed E-state index contributed by atoms with van der Waals surface area (Å²) in [5, 5.41) is 12.5. The number of aliphatic hydroxyl groups excluding tert-OH is 1. The molecule has 1 aliphatic rings. The maximum absolute atomic E-state index is 9.26. The molecule has 2 atom stereocenters. The topological polar surface area (TPSA) is 32.3 Å². The second kappa shape index (κ2) is 4.01. The van der Waals surface area contributed by atoms with Gasteiger partial charge in [-0.25, -0.2) is 0 Å². The molecule has 0 heterocycles. The summed E-state index contributed by atoms with van der Waals surface area (Å²) in [5.74, 6) is 0.323. The number of rotatable bonds is 2. The summed E-state index contributed by atoms with van der Waals surface area (Å²) in [5.41, 5.74) is 2.67. The van der Waals surface area contributed by atoms with E-state index in [1.54, 1.807) is 0 Å². The van der Waals surface area contributed by atoms with E-state index in [9.17, 15) is 5.11 Å². The lowest BCUT2D eigenvalue weighted by atomic mass is 10.0. The molecule has 1 aromatic carbocycles. The first kappa shape index (κ1) is 10.1. The summed E-state index contributed by atoms with van der Waals surface area (Å²) < 4.78 is 1.12. The fraction of sp³-hybridized carbons (Fsp3) is 0.455. The molecule has 2 N–H and O–H groups in total. The fourth-order valence-corrected chi connectivity index (χ4v) is 2.68. The average Bonchev–Trinajstić information content (AvgIpc) is 2.54. The number of halogens is 1. The van der Waals surface area contributed by atoms with E-state index in [4.69, 9.17) is 0 Å². The van der Waals surface area contributed by atoms with Gasteiger partial charge in [-0.15, -0.1) is 0 Å². The van der Waals surface area contributed by atoms with Crippen LogP contribution < -0.4 is 5.32 Å². The first-order valence-corrected chi connectivity index (χ1v) is 5.62. The van der Waals surface area contributed by atoms with Gasteiger partial charge in [0.05, 0.1) is 0 Å². The van der Waals surface area contributed by atoms with Gasteiger partial charge in [0.1, 0.15) is 0 Å². The van der Waals surface area contributed by atoms with Crippen LogP contribution in [0.2, 0.25) is 0 Å². The molecule has 0 saturated heterocycles. The van der Waals surface area contributed by atoms with Crippen LogP contribution in [0.4, 0.5) is 0 Å². The normalized spacial score (nSPS) is 25.1. The minimum Gasteiger partial charge on any atom is -0.396 e. The second-order valence-corrected chi connectivity index (χ2v) is 4.67. The molecule has 1 aromatic rings. The SMILES string of the molecule is CNC1c2ccc(Br)cc2CC1CO. The minimum atomic E-state index is 0.248. The number of nitrogens with one attached hydrogen (secondary N) is 1. The van der Waals surface area contributed by atoms with E-state index in [0.29, 0.717) is 12.0 Å². The molecule has 0 spiro atoms. The Hall–Kier alpha value is -0.380. The van der Waals surface area contributed by atoms with Gasteiger partial charge in [0.2, 0.25) is 0 Å². The number of benzene rings is 1. The Labute approximate surface area is 92.5 Å². The molecule has 1 aliphatic carbocycles. The maximum Gasteiger partial charge on any atom is 0.0480 e. The predicted octanol–water partition coefficient (Wildman–Crippen LogP) is 1.87. The monoisotopic (exact) mass is 255 g/mol. The molecular weight excluding hydrogens is 242 g/mol. The van der Waals surface area contributed by atoms with E-state index >= 15 is 0 Å². The Kier molecular flexibility index (Phi) is 2.91. The summed E-state index contributed by atoms with van der Waals surface area (Å²) in [6, 6.07) is 6.65. The van der Waals surface area contributed by atoms with Crippen molar-refractivity contribution in [1.29, 1.82) is 0 Å². The zero-order valence-corrected chi connectivity index (χ0v) is 9.71. The summed E-state index contributed by atoms with van der Waals surface area (Å²) in [6.45, 7) is 0.248. The first-order chi connectivity index (χ1) is 6.76. The number of aliphatic hydroxyl groups is 1. The van der Waals surface area contributed by atoms with Crippen molar-refractivity contribution in [3.8, 4) is 0 Å². The number of hydrogen-bond acceptors (Lipinski definition) is 2. The molecule has 14 heavy (non-hydrogen) atoms. The van der Waals surface area contributed by atoms with Gasteiger partial charge in [0, 0.05) is 23.0 Å². The van der Waals surface area contributed by atoms with E-state index in [-0.39, 0.29) is 6.61 Å². The second-order valence-electron chi connectivity index (χ2n) is 3.76. The van der Waals surface area contributed by atoms with Gasteiger partial charge < -0.3 is 10.4 Å². The molecule has 0 fully saturated rings. The Morgan fingerprint density at radius 2 is 2.36 bits per heavy atom. The molecule has 2 rings (SSSR count). The van der Waals surface area contributed by atoms with E-state index < -0.39 is 0 Å². The third-order valence-corrected chi connectivity index (χ3v) is 3.43. The van der Waals surface area contributed by atoms with E-state index in [1.165, 1.54) is 11.1 Å². The molecule has 0 aliphatic heterocycles. The smallest absolute Gasteiger partial charge is 0.0480 e. The first-order valence-electron chi connectivity index (χ1n) is 4.82. The number of hydrogen-bond donors (Lipinski definition) is 2. The van der Waals surface area contributed by atoms with Crippen LogP contribution in [0.3, 0.4) is 0 Å². The Balaban J connectivity index is 2.37. The largest absolute Gasteiger partial charge is 0.396 e. The zero-order chi connectivity index (χ0) is 10.1. The van der Waals surface area contributed by atoms with Gasteiger partial charge in [0.15, 0.2) is 0 Å². The highest BCUT2D eigenvalue weighted by atomic mass is 79.9. The minimum absolute atomic E-state index is 0.248. The standard InChI is InChI=1S/C11H14BrNO/c1-13-11-8(6-14)4-7-5-9(12)2-3-10(7)11/h2-3,5,8,11,13-14H,4,6H2,1H3. The molecular formula is C11H14BrNO. The summed E-state index contributed by atoms with van der Waals surface area (Å²) in [4.78, 5) is 0. The Morgan fingerprint density at radius 1 is 1.57 bits per heavy atom. The van der Waals surface area contributed by atoms with Crippen molar-refractivity contribution in [1.82, 2.24) is 5.32 Å². The molecule has 76 valence electrons. The lowest BCUT2D eigenvalue weighted by Crippen LogP contribution is -2.23. The number of fused-ring (bicyclic) bond motifs is 1. The van der Waals surface area contributed by atoms with Crippen LogP contribution in [0.25, 0.3) is 0 Å². The van der Waals surface area contributed by atoms with Crippen LogP contribution in [0, 0.1) is 5.92 Å². The average molecular weight is 256 g/mol. The Bertz CT molecular complexity index is 340. The molecule has 0 radical (unpaired) electrons. The van der Waals surface area contributed by atoms with Crippen molar-refractivity contribution in [3.63, 3.8) is 0 Å². The van der Waals surface area contributed by atoms with E-state index in [0.717, 1.165) is 10.9 Å². The van der Waals surface area contributed by atoms with Gasteiger partial charge >= 0.3 is 0 Å². The van der Waals surface area contributed by atoms with E-state index in [2.05, 4.69) is 39.4 Å². The molecule has 0 saturated carbocycles. The van der Waals surface area contributed by atoms with Gasteiger partial charge in [0.25, 0.3) is 0 Å². The van der Waals surface area contributed by atoms with Gasteiger partial charge in [-0.3, -0.25) is 0 Å². The van der Waals surface area contributed by atoms with Crippen LogP contribution in [0.1, 0.15) is 17.2 Å². The van der Waals surface area contributed by atoms with Gasteiger partial charge in [-0.2, -0.15) is 0 Å². The molecule has 2 unspecified atom stereocenters. The maximum atomic E-state index is 9.26. The highest BCUT2D eigenvalue weighted by Crippen LogP contribution is 2.36. The van der Waals surface area contributed by atoms with Crippen molar-refractivity contribution in [2.75, 3.05) is 13.7 Å². The highest BCUT2D eigenvalue weighted by molar-refractivity contribution is 9.10. The predicted molar refractivity (Wildman–Crippen MR) is 60.2 cm³/mol. The molecule has 0 bridgehead atoms.